The van der Waals surface area contributed by atoms with Crippen LogP contribution in [0, 0.1) is 17.8 Å². The van der Waals surface area contributed by atoms with E-state index in [1.165, 1.54) is 0 Å². The van der Waals surface area contributed by atoms with Crippen molar-refractivity contribution in [1.29, 1.82) is 0 Å². The van der Waals surface area contributed by atoms with Crippen molar-refractivity contribution in [2.45, 2.75) is 26.8 Å². The number of aromatic nitrogens is 4. The molecular weight excluding hydrogens is 464 g/mol. The Balaban J connectivity index is 1.66. The predicted molar refractivity (Wildman–Crippen MR) is 143 cm³/mol. The average molecular weight is 492 g/mol. The van der Waals surface area contributed by atoms with Gasteiger partial charge < -0.3 is 11.1 Å². The lowest BCUT2D eigenvalue weighted by atomic mass is 10.0. The molecule has 2 aromatic carbocycles. The molecular formula is C29H27N6O2+. The van der Waals surface area contributed by atoms with E-state index in [0.717, 1.165) is 5.39 Å². The Bertz CT molecular complexity index is 1760. The number of nitrogen functional groups attached to an aromatic ring is 1. The number of nitrogens with one attached hydrogen (secondary N) is 2. The molecule has 0 bridgehead atoms. The van der Waals surface area contributed by atoms with Crippen molar-refractivity contribution in [3.8, 4) is 17.5 Å². The normalized spacial score (nSPS) is 11.9. The Morgan fingerprint density at radius 2 is 1.89 bits per heavy atom. The summed E-state index contributed by atoms with van der Waals surface area (Å²) in [6, 6.07) is 18.2. The summed E-state index contributed by atoms with van der Waals surface area (Å²) in [6.07, 6.45) is 3.33. The second kappa shape index (κ2) is 9.63. The van der Waals surface area contributed by atoms with Gasteiger partial charge in [-0.25, -0.2) is 5.10 Å². The highest BCUT2D eigenvalue weighted by Gasteiger charge is 2.27. The number of pyridine rings is 1. The summed E-state index contributed by atoms with van der Waals surface area (Å²) >= 11 is 0. The molecule has 37 heavy (non-hydrogen) atoms. The number of amides is 1. The number of nitrogens with zero attached hydrogens (tertiary/aromatic N) is 3. The number of hydrogen-bond donors (Lipinski definition) is 3. The average Bonchev–Trinajstić information content (AvgIpc) is 3.23. The summed E-state index contributed by atoms with van der Waals surface area (Å²) in [4.78, 5) is 31.6. The first kappa shape index (κ1) is 23.8. The van der Waals surface area contributed by atoms with Crippen LogP contribution in [0.15, 0.2) is 77.9 Å². The van der Waals surface area contributed by atoms with Gasteiger partial charge in [0, 0.05) is 28.9 Å². The second-order valence-electron chi connectivity index (χ2n) is 9.15. The van der Waals surface area contributed by atoms with Crippen molar-refractivity contribution < 1.29 is 9.31 Å². The van der Waals surface area contributed by atoms with Crippen LogP contribution < -0.4 is 21.1 Å². The molecule has 4 N–H and O–H groups in total. The Hall–Kier alpha value is -4.90. The highest BCUT2D eigenvalue weighted by molar-refractivity contribution is 6.03. The molecule has 0 radical (unpaired) electrons. The first-order chi connectivity index (χ1) is 17.8. The number of rotatable bonds is 4. The van der Waals surface area contributed by atoms with Crippen LogP contribution in [0.25, 0.3) is 22.1 Å². The van der Waals surface area contributed by atoms with Crippen molar-refractivity contribution in [3.05, 3.63) is 100 Å². The van der Waals surface area contributed by atoms with Gasteiger partial charge in [0.15, 0.2) is 11.4 Å². The molecule has 0 saturated carbocycles. The zero-order chi connectivity index (χ0) is 26.1. The van der Waals surface area contributed by atoms with Gasteiger partial charge in [-0.05, 0) is 41.6 Å². The summed E-state index contributed by atoms with van der Waals surface area (Å²) in [6.45, 7) is 5.86. The lowest BCUT2D eigenvalue weighted by Gasteiger charge is -2.21. The maximum absolute atomic E-state index is 14.0. The van der Waals surface area contributed by atoms with Crippen LogP contribution in [0.2, 0.25) is 0 Å². The van der Waals surface area contributed by atoms with E-state index in [1.807, 2.05) is 75.4 Å². The molecule has 0 aliphatic rings. The van der Waals surface area contributed by atoms with E-state index in [0.29, 0.717) is 28.0 Å². The molecule has 0 aliphatic heterocycles. The van der Waals surface area contributed by atoms with Gasteiger partial charge in [-0.3, -0.25) is 14.2 Å². The fraction of sp³-hybridized carbons (Fsp3) is 0.172. The van der Waals surface area contributed by atoms with Crippen molar-refractivity contribution in [2.24, 2.45) is 5.92 Å². The monoisotopic (exact) mass is 491 g/mol. The lowest BCUT2D eigenvalue weighted by Crippen LogP contribution is -2.33. The third-order valence-electron chi connectivity index (χ3n) is 6.08. The maximum Gasteiger partial charge on any atom is 0.362 e. The minimum absolute atomic E-state index is 0.172. The number of nitrogens with two attached hydrogens (primary N) is 1. The van der Waals surface area contributed by atoms with Crippen molar-refractivity contribution in [1.82, 2.24) is 20.0 Å². The molecule has 0 saturated heterocycles. The molecule has 1 atom stereocenters. The molecule has 3 aromatic heterocycles. The van der Waals surface area contributed by atoms with E-state index in [9.17, 15) is 9.59 Å². The van der Waals surface area contributed by atoms with Crippen molar-refractivity contribution >= 4 is 28.1 Å². The summed E-state index contributed by atoms with van der Waals surface area (Å²) in [5.41, 5.74) is 8.57. The van der Waals surface area contributed by atoms with Gasteiger partial charge >= 0.3 is 5.65 Å². The molecule has 0 fully saturated rings. The predicted octanol–water partition coefficient (Wildman–Crippen LogP) is 3.53. The molecule has 5 rings (SSSR count). The lowest BCUT2D eigenvalue weighted by molar-refractivity contribution is -0.577. The van der Waals surface area contributed by atoms with Gasteiger partial charge in [0.25, 0.3) is 11.5 Å². The first-order valence-electron chi connectivity index (χ1n) is 12.1. The van der Waals surface area contributed by atoms with Gasteiger partial charge in [-0.15, -0.1) is 4.52 Å². The minimum atomic E-state index is -0.534. The standard InChI is InChI=1S/C29H26N6O2/c1-18(2)13-14-20-9-7-10-21-17-23(35(29(37)24(20)21)22-11-5-4-6-12-22)19(3)32-28(36)25-26(30)33-34-16-8-15-31-27(25)34/h4-12,15-19H,1-3H3,(H3,30,32,33,36)/p+1. The zero-order valence-electron chi connectivity index (χ0n) is 20.8. The van der Waals surface area contributed by atoms with Crippen LogP contribution in [-0.2, 0) is 0 Å². The van der Waals surface area contributed by atoms with Crippen LogP contribution >= 0.6 is 0 Å². The topological polar surface area (TPSA) is 110 Å². The molecule has 5 aromatic rings. The van der Waals surface area contributed by atoms with Crippen molar-refractivity contribution in [3.63, 3.8) is 0 Å². The second-order valence-corrected chi connectivity index (χ2v) is 9.15. The van der Waals surface area contributed by atoms with E-state index in [4.69, 9.17) is 5.73 Å². The third-order valence-corrected chi connectivity index (χ3v) is 6.08. The van der Waals surface area contributed by atoms with E-state index < -0.39 is 11.9 Å². The van der Waals surface area contributed by atoms with Crippen molar-refractivity contribution in [2.75, 3.05) is 5.73 Å². The van der Waals surface area contributed by atoms with Gasteiger partial charge in [-0.1, -0.05) is 56.0 Å². The molecule has 3 heterocycles. The number of aromatic amines is 1. The number of carbonyl (C=O) groups is 1. The third kappa shape index (κ3) is 4.43. The Kier molecular flexibility index (Phi) is 6.20. The van der Waals surface area contributed by atoms with E-state index in [1.54, 1.807) is 27.5 Å². The molecule has 184 valence electrons. The smallest absolute Gasteiger partial charge is 0.362 e. The molecule has 0 aliphatic carbocycles. The highest BCUT2D eigenvalue weighted by atomic mass is 16.2. The number of carbonyl (C=O) groups excluding carboxylic acids is 1. The van der Waals surface area contributed by atoms with Crippen LogP contribution in [0.5, 0.6) is 0 Å². The number of benzene rings is 2. The number of H-pyrrole nitrogens is 1. The largest absolute Gasteiger partial charge is 0.382 e. The van der Waals surface area contributed by atoms with Crippen LogP contribution in [0.4, 0.5) is 5.82 Å². The van der Waals surface area contributed by atoms with Gasteiger partial charge in [0.2, 0.25) is 0 Å². The molecule has 0 spiro atoms. The van der Waals surface area contributed by atoms with Gasteiger partial charge in [0.05, 0.1) is 11.4 Å². The fourth-order valence-corrected chi connectivity index (χ4v) is 4.39. The first-order valence-corrected chi connectivity index (χ1v) is 12.1. The summed E-state index contributed by atoms with van der Waals surface area (Å²) in [5.74, 6) is 6.31. The molecule has 1 unspecified atom stereocenters. The van der Waals surface area contributed by atoms with Gasteiger partial charge in [0.1, 0.15) is 12.4 Å². The number of fused-ring (bicyclic) bond motifs is 2. The van der Waals surface area contributed by atoms with Gasteiger partial charge in [-0.2, -0.15) is 0 Å². The number of hydrogen-bond acceptors (Lipinski definition) is 4. The molecule has 8 heteroatoms. The molecule has 1 amide bonds. The summed E-state index contributed by atoms with van der Waals surface area (Å²) in [5, 5.41) is 7.23. The van der Waals surface area contributed by atoms with Crippen LogP contribution in [-0.4, -0.2) is 20.6 Å². The maximum atomic E-state index is 14.0. The minimum Gasteiger partial charge on any atom is -0.382 e. The summed E-state index contributed by atoms with van der Waals surface area (Å²) in [7, 11) is 0. The quantitative estimate of drug-likeness (QED) is 0.264. The van der Waals surface area contributed by atoms with Crippen LogP contribution in [0.1, 0.15) is 48.4 Å². The Morgan fingerprint density at radius 3 is 2.65 bits per heavy atom. The van der Waals surface area contributed by atoms with E-state index in [2.05, 4.69) is 27.2 Å². The SMILES string of the molecule is CC(C)C#Cc1cccc2cc(C(C)NC(=O)c3c(N)[nH][n+]4cccnc34)n(-c3ccccc3)c(=O)c12. The fourth-order valence-electron chi connectivity index (χ4n) is 4.39. The zero-order valence-corrected chi connectivity index (χ0v) is 20.8. The van der Waals surface area contributed by atoms with Crippen LogP contribution in [0.3, 0.4) is 0 Å². The summed E-state index contributed by atoms with van der Waals surface area (Å²) < 4.78 is 3.23. The molecule has 8 nitrogen and oxygen atoms in total. The highest BCUT2D eigenvalue weighted by Crippen LogP contribution is 2.24. The number of para-hydroxylation sites is 1. The van der Waals surface area contributed by atoms with E-state index >= 15 is 0 Å². The van der Waals surface area contributed by atoms with E-state index in [-0.39, 0.29) is 22.9 Å². The Labute approximate surface area is 213 Å². The number of anilines is 1. The Morgan fingerprint density at radius 1 is 1.11 bits per heavy atom.